The fraction of sp³-hybridized carbons (Fsp3) is 0.438. The molecule has 0 aromatic heterocycles. The van der Waals surface area contributed by atoms with Crippen molar-refractivity contribution in [1.82, 2.24) is 10.6 Å². The van der Waals surface area contributed by atoms with Gasteiger partial charge in [0.15, 0.2) is 0 Å². The molecule has 3 nitrogen and oxygen atoms in total. The van der Waals surface area contributed by atoms with Crippen molar-refractivity contribution in [3.05, 3.63) is 48.0 Å². The molecule has 0 atom stereocenters. The van der Waals surface area contributed by atoms with Crippen LogP contribution in [0, 0.1) is 0 Å². The van der Waals surface area contributed by atoms with Gasteiger partial charge in [0.25, 0.3) is 0 Å². The number of piperidine rings is 1. The van der Waals surface area contributed by atoms with E-state index >= 15 is 0 Å². The van der Waals surface area contributed by atoms with E-state index in [0.717, 1.165) is 37.1 Å². The second kappa shape index (κ2) is 6.02. The predicted molar refractivity (Wildman–Crippen MR) is 78.0 cm³/mol. The summed E-state index contributed by atoms with van der Waals surface area (Å²) in [5.41, 5.74) is 1.71. The zero-order valence-electron chi connectivity index (χ0n) is 11.5. The Hall–Kier alpha value is -1.61. The highest BCUT2D eigenvalue weighted by Gasteiger charge is 2.40. The predicted octanol–water partition coefficient (Wildman–Crippen LogP) is 2.00. The van der Waals surface area contributed by atoms with E-state index in [1.165, 1.54) is 0 Å². The summed E-state index contributed by atoms with van der Waals surface area (Å²) in [6.45, 7) is 8.09. The molecule has 1 aromatic carbocycles. The first-order valence-corrected chi connectivity index (χ1v) is 6.84. The lowest BCUT2D eigenvalue weighted by Crippen LogP contribution is -2.50. The molecule has 1 heterocycles. The van der Waals surface area contributed by atoms with E-state index < -0.39 is 0 Å². The van der Waals surface area contributed by atoms with Crippen LogP contribution in [0.1, 0.15) is 25.3 Å². The maximum absolute atomic E-state index is 12.6. The molecule has 1 aliphatic rings. The summed E-state index contributed by atoms with van der Waals surface area (Å²) < 4.78 is 0. The Morgan fingerprint density at radius 3 is 2.53 bits per heavy atom. The van der Waals surface area contributed by atoms with E-state index in [-0.39, 0.29) is 11.3 Å². The monoisotopic (exact) mass is 258 g/mol. The third-order valence-corrected chi connectivity index (χ3v) is 3.77. The third-order valence-electron chi connectivity index (χ3n) is 3.77. The van der Waals surface area contributed by atoms with Crippen molar-refractivity contribution in [3.8, 4) is 0 Å². The fourth-order valence-electron chi connectivity index (χ4n) is 2.66. The minimum atomic E-state index is -0.387. The summed E-state index contributed by atoms with van der Waals surface area (Å²) in [5.74, 6) is 0.128. The van der Waals surface area contributed by atoms with Crippen LogP contribution < -0.4 is 10.6 Å². The maximum Gasteiger partial charge on any atom is 0.231 e. The van der Waals surface area contributed by atoms with Crippen molar-refractivity contribution in [3.63, 3.8) is 0 Å². The van der Waals surface area contributed by atoms with Gasteiger partial charge in [-0.05, 0) is 38.4 Å². The van der Waals surface area contributed by atoms with Gasteiger partial charge in [-0.25, -0.2) is 0 Å². The molecule has 0 bridgehead atoms. The molecule has 3 heteroatoms. The van der Waals surface area contributed by atoms with E-state index in [9.17, 15) is 4.79 Å². The molecule has 1 aromatic rings. The highest BCUT2D eigenvalue weighted by Crippen LogP contribution is 2.33. The van der Waals surface area contributed by atoms with Crippen LogP contribution in [0.15, 0.2) is 42.5 Å². The molecule has 2 N–H and O–H groups in total. The lowest BCUT2D eigenvalue weighted by Gasteiger charge is -2.36. The van der Waals surface area contributed by atoms with Crippen molar-refractivity contribution in [1.29, 1.82) is 0 Å². The molecule has 1 amide bonds. The largest absolute Gasteiger partial charge is 0.352 e. The van der Waals surface area contributed by atoms with Crippen molar-refractivity contribution < 1.29 is 4.79 Å². The second-order valence-electron chi connectivity index (χ2n) is 5.34. The van der Waals surface area contributed by atoms with E-state index in [1.807, 2.05) is 25.1 Å². The van der Waals surface area contributed by atoms with Crippen LogP contribution in [-0.2, 0) is 10.2 Å². The standard InChI is InChI=1S/C16H22N2O/c1-13(2)12-18-15(19)16(8-10-17-11-9-16)14-6-4-3-5-7-14/h3-7,17H,1,8-12H2,2H3,(H,18,19). The average Bonchev–Trinajstić information content (AvgIpc) is 2.46. The van der Waals surface area contributed by atoms with Crippen LogP contribution >= 0.6 is 0 Å². The SMILES string of the molecule is C=C(C)CNC(=O)C1(c2ccccc2)CCNCC1. The Kier molecular flexibility index (Phi) is 4.38. The van der Waals surface area contributed by atoms with E-state index in [2.05, 4.69) is 29.3 Å². The van der Waals surface area contributed by atoms with Crippen molar-refractivity contribution in [2.24, 2.45) is 0 Å². The molecule has 2 rings (SSSR count). The first-order chi connectivity index (χ1) is 9.15. The Morgan fingerprint density at radius 1 is 1.32 bits per heavy atom. The van der Waals surface area contributed by atoms with E-state index in [4.69, 9.17) is 0 Å². The average molecular weight is 258 g/mol. The van der Waals surface area contributed by atoms with Gasteiger partial charge < -0.3 is 10.6 Å². The molecule has 0 unspecified atom stereocenters. The molecule has 1 aliphatic heterocycles. The summed E-state index contributed by atoms with van der Waals surface area (Å²) in [6, 6.07) is 10.1. The number of rotatable bonds is 4. The molecule has 102 valence electrons. The molecule has 1 fully saturated rings. The van der Waals surface area contributed by atoms with Gasteiger partial charge in [0.2, 0.25) is 5.91 Å². The van der Waals surface area contributed by atoms with Crippen LogP contribution in [-0.4, -0.2) is 25.5 Å². The number of nitrogens with one attached hydrogen (secondary N) is 2. The first-order valence-electron chi connectivity index (χ1n) is 6.84. The topological polar surface area (TPSA) is 41.1 Å². The number of carbonyl (C=O) groups excluding carboxylic acids is 1. The second-order valence-corrected chi connectivity index (χ2v) is 5.34. The van der Waals surface area contributed by atoms with Crippen LogP contribution in [0.25, 0.3) is 0 Å². The third kappa shape index (κ3) is 3.04. The van der Waals surface area contributed by atoms with Crippen LogP contribution in [0.3, 0.4) is 0 Å². The summed E-state index contributed by atoms with van der Waals surface area (Å²) >= 11 is 0. The zero-order chi connectivity index (χ0) is 13.7. The Balaban J connectivity index is 2.24. The maximum atomic E-state index is 12.6. The van der Waals surface area contributed by atoms with Gasteiger partial charge in [-0.15, -0.1) is 0 Å². The zero-order valence-corrected chi connectivity index (χ0v) is 11.5. The number of benzene rings is 1. The van der Waals surface area contributed by atoms with Gasteiger partial charge >= 0.3 is 0 Å². The van der Waals surface area contributed by atoms with Gasteiger partial charge in [-0.3, -0.25) is 4.79 Å². The molecular weight excluding hydrogens is 236 g/mol. The number of hydrogen-bond acceptors (Lipinski definition) is 2. The summed E-state index contributed by atoms with van der Waals surface area (Å²) in [4.78, 5) is 12.6. The van der Waals surface area contributed by atoms with Crippen LogP contribution in [0.5, 0.6) is 0 Å². The summed E-state index contributed by atoms with van der Waals surface area (Å²) in [6.07, 6.45) is 1.69. The molecule has 0 saturated carbocycles. The van der Waals surface area contributed by atoms with Gasteiger partial charge in [-0.1, -0.05) is 42.5 Å². The Labute approximate surface area is 115 Å². The molecule has 0 radical (unpaired) electrons. The lowest BCUT2D eigenvalue weighted by molar-refractivity contribution is -0.127. The van der Waals surface area contributed by atoms with Crippen molar-refractivity contribution in [2.45, 2.75) is 25.2 Å². The van der Waals surface area contributed by atoms with Crippen molar-refractivity contribution in [2.75, 3.05) is 19.6 Å². The molecular formula is C16H22N2O. The molecule has 0 spiro atoms. The molecule has 1 saturated heterocycles. The molecule has 0 aliphatic carbocycles. The van der Waals surface area contributed by atoms with E-state index in [0.29, 0.717) is 6.54 Å². The van der Waals surface area contributed by atoms with Crippen molar-refractivity contribution >= 4 is 5.91 Å². The lowest BCUT2D eigenvalue weighted by atomic mass is 9.72. The highest BCUT2D eigenvalue weighted by molar-refractivity contribution is 5.88. The van der Waals surface area contributed by atoms with Gasteiger partial charge in [0, 0.05) is 6.54 Å². The minimum Gasteiger partial charge on any atom is -0.352 e. The van der Waals surface area contributed by atoms with Gasteiger partial charge in [0.1, 0.15) is 0 Å². The van der Waals surface area contributed by atoms with Gasteiger partial charge in [-0.2, -0.15) is 0 Å². The number of amides is 1. The molecule has 19 heavy (non-hydrogen) atoms. The van der Waals surface area contributed by atoms with Crippen LogP contribution in [0.4, 0.5) is 0 Å². The minimum absolute atomic E-state index is 0.128. The highest BCUT2D eigenvalue weighted by atomic mass is 16.2. The number of hydrogen-bond donors (Lipinski definition) is 2. The Morgan fingerprint density at radius 2 is 1.95 bits per heavy atom. The summed E-state index contributed by atoms with van der Waals surface area (Å²) in [5, 5.41) is 6.36. The van der Waals surface area contributed by atoms with Gasteiger partial charge in [0.05, 0.1) is 5.41 Å². The fourth-order valence-corrected chi connectivity index (χ4v) is 2.66. The summed E-state index contributed by atoms with van der Waals surface area (Å²) in [7, 11) is 0. The normalized spacial score (nSPS) is 17.7. The quantitative estimate of drug-likeness (QED) is 0.811. The Bertz CT molecular complexity index is 447. The number of carbonyl (C=O) groups is 1. The first kappa shape index (κ1) is 13.8. The van der Waals surface area contributed by atoms with E-state index in [1.54, 1.807) is 0 Å². The van der Waals surface area contributed by atoms with Crippen LogP contribution in [0.2, 0.25) is 0 Å². The smallest absolute Gasteiger partial charge is 0.231 e.